The molecule has 156 valence electrons. The molecular formula is C22H25N5O3. The summed E-state index contributed by atoms with van der Waals surface area (Å²) < 4.78 is 1.41. The van der Waals surface area contributed by atoms with Crippen LogP contribution in [0.5, 0.6) is 0 Å². The van der Waals surface area contributed by atoms with Gasteiger partial charge in [-0.1, -0.05) is 18.2 Å². The number of aromatic nitrogens is 3. The number of anilines is 1. The molecule has 1 aliphatic rings. The second kappa shape index (κ2) is 8.52. The van der Waals surface area contributed by atoms with E-state index in [1.807, 2.05) is 37.3 Å². The van der Waals surface area contributed by atoms with Crippen molar-refractivity contribution in [3.05, 3.63) is 68.5 Å². The maximum absolute atomic E-state index is 12.9. The largest absolute Gasteiger partial charge is 0.385 e. The minimum atomic E-state index is -0.578. The van der Waals surface area contributed by atoms with Crippen LogP contribution in [-0.2, 0) is 6.54 Å². The number of H-pyrrole nitrogens is 1. The maximum Gasteiger partial charge on any atom is 0.329 e. The van der Waals surface area contributed by atoms with Crippen molar-refractivity contribution >= 4 is 22.6 Å². The van der Waals surface area contributed by atoms with E-state index in [0.717, 1.165) is 30.6 Å². The van der Waals surface area contributed by atoms with Gasteiger partial charge in [0.1, 0.15) is 0 Å². The van der Waals surface area contributed by atoms with Gasteiger partial charge >= 0.3 is 5.69 Å². The zero-order valence-corrected chi connectivity index (χ0v) is 16.9. The van der Waals surface area contributed by atoms with Crippen LogP contribution in [-0.4, -0.2) is 33.5 Å². The van der Waals surface area contributed by atoms with Gasteiger partial charge in [0.2, 0.25) is 0 Å². The third-order valence-electron chi connectivity index (χ3n) is 5.27. The number of hydrogen-bond donors (Lipinski definition) is 3. The quantitative estimate of drug-likeness (QED) is 0.496. The van der Waals surface area contributed by atoms with Gasteiger partial charge in [-0.15, -0.1) is 0 Å². The number of nitrogens with zero attached hydrogens (tertiary/aromatic N) is 2. The van der Waals surface area contributed by atoms with Crippen molar-refractivity contribution in [2.45, 2.75) is 38.6 Å². The predicted octanol–water partition coefficient (Wildman–Crippen LogP) is 2.21. The number of carbonyl (C=O) groups excluding carboxylic acids is 1. The summed E-state index contributed by atoms with van der Waals surface area (Å²) in [4.78, 5) is 44.5. The summed E-state index contributed by atoms with van der Waals surface area (Å²) >= 11 is 0. The van der Waals surface area contributed by atoms with Crippen molar-refractivity contribution in [2.24, 2.45) is 0 Å². The third-order valence-corrected chi connectivity index (χ3v) is 5.27. The number of para-hydroxylation sites is 1. The molecule has 1 fully saturated rings. The molecule has 3 aromatic rings. The molecule has 1 saturated carbocycles. The molecule has 0 aliphatic heterocycles. The van der Waals surface area contributed by atoms with Gasteiger partial charge in [-0.2, -0.15) is 0 Å². The monoisotopic (exact) mass is 407 g/mol. The highest BCUT2D eigenvalue weighted by Crippen LogP contribution is 2.39. The Balaban J connectivity index is 1.54. The smallest absolute Gasteiger partial charge is 0.329 e. The predicted molar refractivity (Wildman–Crippen MR) is 116 cm³/mol. The van der Waals surface area contributed by atoms with E-state index in [9.17, 15) is 14.4 Å². The Morgan fingerprint density at radius 1 is 1.20 bits per heavy atom. The van der Waals surface area contributed by atoms with Gasteiger partial charge in [0.05, 0.1) is 10.9 Å². The lowest BCUT2D eigenvalue weighted by molar-refractivity contribution is 0.0955. The van der Waals surface area contributed by atoms with Gasteiger partial charge in [-0.3, -0.25) is 19.1 Å². The summed E-state index contributed by atoms with van der Waals surface area (Å²) in [5.74, 6) is -0.0356. The highest BCUT2D eigenvalue weighted by molar-refractivity contribution is 6.05. The van der Waals surface area contributed by atoms with Crippen molar-refractivity contribution in [1.29, 1.82) is 0 Å². The third kappa shape index (κ3) is 4.12. The summed E-state index contributed by atoms with van der Waals surface area (Å²) in [5.41, 5.74) is 1.28. The van der Waals surface area contributed by atoms with E-state index < -0.39 is 11.2 Å². The fraction of sp³-hybridized carbons (Fsp3) is 0.364. The van der Waals surface area contributed by atoms with Crippen molar-refractivity contribution < 1.29 is 4.79 Å². The summed E-state index contributed by atoms with van der Waals surface area (Å²) in [6.45, 7) is 3.35. The molecule has 8 heteroatoms. The number of nitrogens with one attached hydrogen (secondary N) is 3. The first kappa shape index (κ1) is 19.9. The van der Waals surface area contributed by atoms with E-state index in [4.69, 9.17) is 0 Å². The number of carbonyl (C=O) groups is 1. The van der Waals surface area contributed by atoms with E-state index >= 15 is 0 Å². The molecule has 3 N–H and O–H groups in total. The van der Waals surface area contributed by atoms with Crippen LogP contribution in [0.1, 0.15) is 48.2 Å². The molecule has 0 spiro atoms. The number of pyridine rings is 1. The van der Waals surface area contributed by atoms with Crippen molar-refractivity contribution in [1.82, 2.24) is 19.9 Å². The molecule has 0 atom stereocenters. The lowest BCUT2D eigenvalue weighted by atomic mass is 10.1. The first-order valence-electron chi connectivity index (χ1n) is 10.3. The molecule has 2 heterocycles. The Kier molecular flexibility index (Phi) is 5.65. The van der Waals surface area contributed by atoms with Gasteiger partial charge in [0.25, 0.3) is 11.5 Å². The number of aromatic amines is 1. The molecular weight excluding hydrogens is 382 g/mol. The molecule has 4 rings (SSSR count). The molecule has 1 aromatic carbocycles. The van der Waals surface area contributed by atoms with E-state index in [-0.39, 0.29) is 28.4 Å². The number of amides is 1. The molecule has 0 saturated heterocycles. The number of benzene rings is 1. The fourth-order valence-electron chi connectivity index (χ4n) is 3.53. The summed E-state index contributed by atoms with van der Waals surface area (Å²) in [6, 6.07) is 11.6. The van der Waals surface area contributed by atoms with Crippen LogP contribution in [0.15, 0.2) is 46.0 Å². The second-order valence-corrected chi connectivity index (χ2v) is 7.47. The van der Waals surface area contributed by atoms with Gasteiger partial charge in [-0.25, -0.2) is 9.78 Å². The Hall–Kier alpha value is -3.42. The van der Waals surface area contributed by atoms with E-state index in [1.54, 1.807) is 6.07 Å². The van der Waals surface area contributed by atoms with Gasteiger partial charge in [0, 0.05) is 36.9 Å². The normalized spacial score (nSPS) is 13.4. The van der Waals surface area contributed by atoms with E-state index in [0.29, 0.717) is 19.6 Å². The van der Waals surface area contributed by atoms with Crippen molar-refractivity contribution in [3.63, 3.8) is 0 Å². The van der Waals surface area contributed by atoms with Crippen LogP contribution in [0.3, 0.4) is 0 Å². The Morgan fingerprint density at radius 3 is 2.67 bits per heavy atom. The van der Waals surface area contributed by atoms with Crippen molar-refractivity contribution in [3.8, 4) is 0 Å². The molecule has 8 nitrogen and oxygen atoms in total. The first-order valence-corrected chi connectivity index (χ1v) is 10.3. The SMILES string of the molecule is CCn1c(=O)[nH]c(=O)c2c(C(=O)NCCCNc3ccccc3)cc(C3CC3)nc21. The minimum absolute atomic E-state index is 0.167. The Morgan fingerprint density at radius 2 is 1.97 bits per heavy atom. The summed E-state index contributed by atoms with van der Waals surface area (Å²) in [7, 11) is 0. The van der Waals surface area contributed by atoms with Gasteiger partial charge in [-0.05, 0) is 44.4 Å². The zero-order valence-electron chi connectivity index (χ0n) is 16.9. The average molecular weight is 407 g/mol. The minimum Gasteiger partial charge on any atom is -0.385 e. The number of rotatable bonds is 8. The average Bonchev–Trinajstić information content (AvgIpc) is 3.59. The standard InChI is InChI=1S/C22H25N5O3/c1-2-27-19-18(21(29)26-22(27)30)16(13-17(25-19)14-9-10-14)20(28)24-12-6-11-23-15-7-4-3-5-8-15/h3-5,7-8,13-14,23H,2,6,9-12H2,1H3,(H,24,28)(H,26,29,30). The Bertz CT molecular complexity index is 1180. The molecule has 1 aliphatic carbocycles. The number of aryl methyl sites for hydroxylation is 1. The van der Waals surface area contributed by atoms with Crippen LogP contribution < -0.4 is 21.9 Å². The van der Waals surface area contributed by atoms with E-state index in [1.165, 1.54) is 4.57 Å². The fourth-order valence-corrected chi connectivity index (χ4v) is 3.53. The first-order chi connectivity index (χ1) is 14.6. The maximum atomic E-state index is 12.9. The van der Waals surface area contributed by atoms with E-state index in [2.05, 4.69) is 20.6 Å². The van der Waals surface area contributed by atoms with Gasteiger partial charge < -0.3 is 10.6 Å². The lowest BCUT2D eigenvalue weighted by Gasteiger charge is -2.13. The molecule has 30 heavy (non-hydrogen) atoms. The van der Waals surface area contributed by atoms with Crippen LogP contribution in [0.2, 0.25) is 0 Å². The highest BCUT2D eigenvalue weighted by Gasteiger charge is 2.28. The Labute approximate surface area is 173 Å². The van der Waals surface area contributed by atoms with Crippen LogP contribution in [0.25, 0.3) is 11.0 Å². The van der Waals surface area contributed by atoms with Crippen molar-refractivity contribution in [2.75, 3.05) is 18.4 Å². The van der Waals surface area contributed by atoms with Gasteiger partial charge in [0.15, 0.2) is 5.65 Å². The second-order valence-electron chi connectivity index (χ2n) is 7.47. The van der Waals surface area contributed by atoms with Crippen LogP contribution in [0.4, 0.5) is 5.69 Å². The molecule has 2 aromatic heterocycles. The number of fused-ring (bicyclic) bond motifs is 1. The van der Waals surface area contributed by atoms with Crippen LogP contribution >= 0.6 is 0 Å². The summed E-state index contributed by atoms with van der Waals surface area (Å²) in [6.07, 6.45) is 2.74. The number of hydrogen-bond acceptors (Lipinski definition) is 5. The topological polar surface area (TPSA) is 109 Å². The molecule has 0 unspecified atom stereocenters. The molecule has 1 amide bonds. The lowest BCUT2D eigenvalue weighted by Crippen LogP contribution is -2.33. The van der Waals surface area contributed by atoms with Crippen LogP contribution in [0, 0.1) is 0 Å². The highest BCUT2D eigenvalue weighted by atomic mass is 16.2. The molecule has 0 bridgehead atoms. The zero-order chi connectivity index (χ0) is 21.1. The summed E-state index contributed by atoms with van der Waals surface area (Å²) in [5, 5.41) is 6.36. The molecule has 0 radical (unpaired) electrons.